The summed E-state index contributed by atoms with van der Waals surface area (Å²) in [5.41, 5.74) is 7.20. The van der Waals surface area contributed by atoms with E-state index in [4.69, 9.17) is 15.7 Å². The van der Waals surface area contributed by atoms with Gasteiger partial charge in [-0.2, -0.15) is 0 Å². The maximum absolute atomic E-state index is 8.58. The number of ether oxygens (including phenoxy) is 1. The molecule has 0 saturated heterocycles. The van der Waals surface area contributed by atoms with Gasteiger partial charge < -0.3 is 15.7 Å². The Morgan fingerprint density at radius 3 is 2.76 bits per heavy atom. The van der Waals surface area contributed by atoms with E-state index in [9.17, 15) is 0 Å². The maximum Gasteiger partial charge on any atom is 0.170 e. The van der Waals surface area contributed by atoms with E-state index in [-0.39, 0.29) is 5.84 Å². The van der Waals surface area contributed by atoms with Crippen molar-refractivity contribution in [2.75, 3.05) is 6.61 Å². The zero-order chi connectivity index (χ0) is 12.7. The summed E-state index contributed by atoms with van der Waals surface area (Å²) in [5, 5.41) is 11.6. The van der Waals surface area contributed by atoms with Crippen LogP contribution in [0.1, 0.15) is 37.3 Å². The van der Waals surface area contributed by atoms with Crippen LogP contribution in [0.5, 0.6) is 5.75 Å². The molecule has 1 rings (SSSR count). The Balaban J connectivity index is 2.63. The van der Waals surface area contributed by atoms with Crippen LogP contribution in [0.2, 0.25) is 0 Å². The van der Waals surface area contributed by atoms with E-state index in [1.54, 1.807) is 6.07 Å². The van der Waals surface area contributed by atoms with E-state index in [1.165, 1.54) is 12.8 Å². The molecule has 0 amide bonds. The fourth-order valence-electron chi connectivity index (χ4n) is 1.56. The highest BCUT2D eigenvalue weighted by Gasteiger charge is 2.04. The van der Waals surface area contributed by atoms with Crippen molar-refractivity contribution in [2.45, 2.75) is 33.1 Å². The van der Waals surface area contributed by atoms with Gasteiger partial charge >= 0.3 is 0 Å². The molecule has 0 radical (unpaired) electrons. The third-order valence-electron chi connectivity index (χ3n) is 2.58. The number of aryl methyl sites for hydroxylation is 1. The molecular formula is C13H20N2O2. The molecule has 0 heterocycles. The van der Waals surface area contributed by atoms with Gasteiger partial charge in [0.2, 0.25) is 0 Å². The van der Waals surface area contributed by atoms with Gasteiger partial charge in [-0.25, -0.2) is 0 Å². The van der Waals surface area contributed by atoms with Gasteiger partial charge in [0.15, 0.2) is 5.84 Å². The molecule has 17 heavy (non-hydrogen) atoms. The zero-order valence-corrected chi connectivity index (χ0v) is 10.4. The van der Waals surface area contributed by atoms with Gasteiger partial charge in [-0.15, -0.1) is 0 Å². The quantitative estimate of drug-likeness (QED) is 0.262. The van der Waals surface area contributed by atoms with Crippen LogP contribution in [0.15, 0.2) is 23.4 Å². The summed E-state index contributed by atoms with van der Waals surface area (Å²) >= 11 is 0. The Bertz CT molecular complexity index is 389. The average molecular weight is 236 g/mol. The van der Waals surface area contributed by atoms with Crippen molar-refractivity contribution in [1.29, 1.82) is 0 Å². The van der Waals surface area contributed by atoms with Crippen LogP contribution >= 0.6 is 0 Å². The second kappa shape index (κ2) is 6.78. The van der Waals surface area contributed by atoms with Gasteiger partial charge in [-0.05, 0) is 37.1 Å². The number of nitrogens with two attached hydrogens (primary N) is 1. The van der Waals surface area contributed by atoms with Crippen molar-refractivity contribution < 1.29 is 9.94 Å². The lowest BCUT2D eigenvalue weighted by molar-refractivity contribution is 0.304. The molecule has 0 aliphatic heterocycles. The number of oxime groups is 1. The SMILES string of the molecule is CCCCCOc1ccc(/C(N)=N/O)cc1C. The third kappa shape index (κ3) is 3.98. The number of benzene rings is 1. The Morgan fingerprint density at radius 2 is 2.18 bits per heavy atom. The molecule has 0 spiro atoms. The third-order valence-corrected chi connectivity index (χ3v) is 2.58. The average Bonchev–Trinajstić information content (AvgIpc) is 2.35. The van der Waals surface area contributed by atoms with E-state index in [2.05, 4.69) is 12.1 Å². The highest BCUT2D eigenvalue weighted by atomic mass is 16.5. The molecule has 4 heteroatoms. The standard InChI is InChI=1S/C13H20N2O2/c1-3-4-5-8-17-12-7-6-11(9-10(12)2)13(14)15-16/h6-7,9,16H,3-5,8H2,1-2H3,(H2,14,15). The Morgan fingerprint density at radius 1 is 1.41 bits per heavy atom. The molecule has 0 fully saturated rings. The number of hydrogen-bond donors (Lipinski definition) is 2. The van der Waals surface area contributed by atoms with E-state index >= 15 is 0 Å². The number of amidine groups is 1. The molecule has 0 aliphatic rings. The summed E-state index contributed by atoms with van der Waals surface area (Å²) in [4.78, 5) is 0. The molecule has 0 bridgehead atoms. The lowest BCUT2D eigenvalue weighted by Gasteiger charge is -2.10. The van der Waals surface area contributed by atoms with Crippen LogP contribution < -0.4 is 10.5 Å². The molecule has 1 aromatic carbocycles. The van der Waals surface area contributed by atoms with Gasteiger partial charge in [0, 0.05) is 5.56 Å². The van der Waals surface area contributed by atoms with Crippen molar-refractivity contribution in [3.8, 4) is 5.75 Å². The van der Waals surface area contributed by atoms with Crippen LogP contribution in [-0.2, 0) is 0 Å². The van der Waals surface area contributed by atoms with Crippen LogP contribution in [0, 0.1) is 6.92 Å². The predicted octanol–water partition coefficient (Wildman–Crippen LogP) is 2.66. The second-order valence-electron chi connectivity index (χ2n) is 4.02. The minimum absolute atomic E-state index is 0.116. The minimum atomic E-state index is 0.116. The molecule has 0 aliphatic carbocycles. The molecule has 3 N–H and O–H groups in total. The summed E-state index contributed by atoms with van der Waals surface area (Å²) in [7, 11) is 0. The first-order valence-corrected chi connectivity index (χ1v) is 5.90. The zero-order valence-electron chi connectivity index (χ0n) is 10.4. The van der Waals surface area contributed by atoms with Gasteiger partial charge in [0.1, 0.15) is 5.75 Å². The predicted molar refractivity (Wildman–Crippen MR) is 68.7 cm³/mol. The fourth-order valence-corrected chi connectivity index (χ4v) is 1.56. The van der Waals surface area contributed by atoms with Crippen molar-refractivity contribution in [1.82, 2.24) is 0 Å². The van der Waals surface area contributed by atoms with Crippen molar-refractivity contribution >= 4 is 5.84 Å². The Labute approximate surface area is 102 Å². The van der Waals surface area contributed by atoms with E-state index < -0.39 is 0 Å². The molecule has 0 atom stereocenters. The van der Waals surface area contributed by atoms with E-state index in [0.29, 0.717) is 5.56 Å². The van der Waals surface area contributed by atoms with Crippen LogP contribution in [0.25, 0.3) is 0 Å². The van der Waals surface area contributed by atoms with Crippen LogP contribution in [0.3, 0.4) is 0 Å². The minimum Gasteiger partial charge on any atom is -0.493 e. The smallest absolute Gasteiger partial charge is 0.170 e. The summed E-state index contributed by atoms with van der Waals surface area (Å²) in [5.74, 6) is 0.973. The summed E-state index contributed by atoms with van der Waals surface area (Å²) in [6.07, 6.45) is 3.43. The Hall–Kier alpha value is -1.71. The summed E-state index contributed by atoms with van der Waals surface area (Å²) < 4.78 is 5.66. The number of rotatable bonds is 6. The second-order valence-corrected chi connectivity index (χ2v) is 4.02. The molecule has 0 saturated carbocycles. The Kier molecular flexibility index (Phi) is 5.33. The summed E-state index contributed by atoms with van der Waals surface area (Å²) in [6.45, 7) is 4.85. The molecule has 94 valence electrons. The van der Waals surface area contributed by atoms with Crippen molar-refractivity contribution in [2.24, 2.45) is 10.9 Å². The molecule has 4 nitrogen and oxygen atoms in total. The fraction of sp³-hybridized carbons (Fsp3) is 0.462. The normalized spacial score (nSPS) is 11.5. The molecule has 0 unspecified atom stereocenters. The lowest BCUT2D eigenvalue weighted by Crippen LogP contribution is -2.13. The topological polar surface area (TPSA) is 67.8 Å². The van der Waals surface area contributed by atoms with Crippen molar-refractivity contribution in [3.63, 3.8) is 0 Å². The maximum atomic E-state index is 8.58. The van der Waals surface area contributed by atoms with Gasteiger partial charge in [0.25, 0.3) is 0 Å². The first-order valence-electron chi connectivity index (χ1n) is 5.90. The van der Waals surface area contributed by atoms with Crippen LogP contribution in [0.4, 0.5) is 0 Å². The van der Waals surface area contributed by atoms with Crippen LogP contribution in [-0.4, -0.2) is 17.6 Å². The number of unbranched alkanes of at least 4 members (excludes halogenated alkanes) is 2. The molecular weight excluding hydrogens is 216 g/mol. The van der Waals surface area contributed by atoms with Crippen molar-refractivity contribution in [3.05, 3.63) is 29.3 Å². The lowest BCUT2D eigenvalue weighted by atomic mass is 10.1. The first kappa shape index (κ1) is 13.4. The van der Waals surface area contributed by atoms with E-state index in [1.807, 2.05) is 19.1 Å². The summed E-state index contributed by atoms with van der Waals surface area (Å²) in [6, 6.07) is 5.50. The largest absolute Gasteiger partial charge is 0.493 e. The first-order chi connectivity index (χ1) is 8.19. The number of nitrogens with zero attached hydrogens (tertiary/aromatic N) is 1. The molecule has 0 aromatic heterocycles. The van der Waals surface area contributed by atoms with Gasteiger partial charge in [0.05, 0.1) is 6.61 Å². The molecule has 1 aromatic rings. The van der Waals surface area contributed by atoms with Gasteiger partial charge in [-0.1, -0.05) is 24.9 Å². The highest BCUT2D eigenvalue weighted by Crippen LogP contribution is 2.19. The monoisotopic (exact) mass is 236 g/mol. The van der Waals surface area contributed by atoms with E-state index in [0.717, 1.165) is 24.3 Å². The highest BCUT2D eigenvalue weighted by molar-refractivity contribution is 5.97. The number of hydrogen-bond acceptors (Lipinski definition) is 3. The van der Waals surface area contributed by atoms with Gasteiger partial charge in [-0.3, -0.25) is 0 Å².